The third-order valence-electron chi connectivity index (χ3n) is 3.00. The Kier molecular flexibility index (Phi) is 4.02. The number of H-pyrrole nitrogens is 1. The van der Waals surface area contributed by atoms with Crippen LogP contribution in [0.25, 0.3) is 10.9 Å². The minimum absolute atomic E-state index is 0.173. The Balaban J connectivity index is 2.20. The summed E-state index contributed by atoms with van der Waals surface area (Å²) in [5, 5.41) is 19.1. The van der Waals surface area contributed by atoms with Crippen molar-refractivity contribution in [1.29, 1.82) is 0 Å². The number of fused-ring (bicyclic) bond motifs is 1. The summed E-state index contributed by atoms with van der Waals surface area (Å²) < 4.78 is 0. The lowest BCUT2D eigenvalue weighted by molar-refractivity contribution is -0.139. The number of carbonyl (C=O) groups is 2. The first-order chi connectivity index (χ1) is 9.49. The highest BCUT2D eigenvalue weighted by Crippen LogP contribution is 2.15. The van der Waals surface area contributed by atoms with Gasteiger partial charge in [-0.05, 0) is 18.4 Å². The average Bonchev–Trinajstić information content (AvgIpc) is 2.81. The molecular formula is C14H17N3O3. The monoisotopic (exact) mass is 275 g/mol. The van der Waals surface area contributed by atoms with Crippen molar-refractivity contribution in [2.24, 2.45) is 5.92 Å². The number of carbonyl (C=O) groups excluding carboxylic acids is 1. The molecule has 0 saturated heterocycles. The first-order valence-corrected chi connectivity index (χ1v) is 6.45. The Hall–Kier alpha value is -2.37. The molecular weight excluding hydrogens is 258 g/mol. The number of nitrogens with one attached hydrogen (secondary N) is 2. The maximum atomic E-state index is 12.2. The van der Waals surface area contributed by atoms with Crippen molar-refractivity contribution in [1.82, 2.24) is 15.5 Å². The molecule has 1 aromatic carbocycles. The summed E-state index contributed by atoms with van der Waals surface area (Å²) in [5.74, 6) is -1.34. The second-order valence-corrected chi connectivity index (χ2v) is 5.11. The summed E-state index contributed by atoms with van der Waals surface area (Å²) >= 11 is 0. The van der Waals surface area contributed by atoms with E-state index in [0.29, 0.717) is 11.8 Å². The van der Waals surface area contributed by atoms with Crippen LogP contribution in [0, 0.1) is 5.92 Å². The largest absolute Gasteiger partial charge is 0.480 e. The highest BCUT2D eigenvalue weighted by Gasteiger charge is 2.23. The fourth-order valence-corrected chi connectivity index (χ4v) is 2.06. The summed E-state index contributed by atoms with van der Waals surface area (Å²) in [5.41, 5.74) is 0.962. The molecule has 0 aliphatic carbocycles. The summed E-state index contributed by atoms with van der Waals surface area (Å²) in [7, 11) is 0. The third-order valence-corrected chi connectivity index (χ3v) is 3.00. The normalized spacial score (nSPS) is 12.6. The molecule has 20 heavy (non-hydrogen) atoms. The Bertz CT molecular complexity index is 633. The number of benzene rings is 1. The Morgan fingerprint density at radius 3 is 2.70 bits per heavy atom. The van der Waals surface area contributed by atoms with Crippen molar-refractivity contribution in [3.05, 3.63) is 30.0 Å². The second-order valence-electron chi connectivity index (χ2n) is 5.11. The number of hydrogen-bond acceptors (Lipinski definition) is 3. The van der Waals surface area contributed by atoms with Gasteiger partial charge >= 0.3 is 5.97 Å². The smallest absolute Gasteiger partial charge is 0.326 e. The number of aromatic nitrogens is 2. The third kappa shape index (κ3) is 2.96. The lowest BCUT2D eigenvalue weighted by Crippen LogP contribution is -2.41. The van der Waals surface area contributed by atoms with Crippen LogP contribution in [0.3, 0.4) is 0 Å². The van der Waals surface area contributed by atoms with Gasteiger partial charge in [-0.2, -0.15) is 5.10 Å². The number of carboxylic acid groups (broad SMARTS) is 1. The summed E-state index contributed by atoms with van der Waals surface area (Å²) in [4.78, 5) is 23.3. The number of carboxylic acids is 1. The molecule has 0 aliphatic heterocycles. The van der Waals surface area contributed by atoms with Crippen LogP contribution >= 0.6 is 0 Å². The van der Waals surface area contributed by atoms with Crippen LogP contribution in [-0.2, 0) is 4.79 Å². The molecule has 106 valence electrons. The zero-order valence-corrected chi connectivity index (χ0v) is 11.4. The van der Waals surface area contributed by atoms with Gasteiger partial charge in [0.2, 0.25) is 0 Å². The topological polar surface area (TPSA) is 95.1 Å². The molecule has 2 aromatic rings. The molecule has 1 amide bonds. The molecule has 0 radical (unpaired) electrons. The van der Waals surface area contributed by atoms with Gasteiger partial charge in [0, 0.05) is 5.39 Å². The van der Waals surface area contributed by atoms with Gasteiger partial charge in [0.05, 0.1) is 5.52 Å². The number of para-hydroxylation sites is 1. The maximum Gasteiger partial charge on any atom is 0.326 e. The molecule has 0 spiro atoms. The van der Waals surface area contributed by atoms with Crippen LogP contribution < -0.4 is 5.32 Å². The quantitative estimate of drug-likeness (QED) is 0.775. The van der Waals surface area contributed by atoms with E-state index in [9.17, 15) is 9.59 Å². The van der Waals surface area contributed by atoms with Gasteiger partial charge < -0.3 is 10.4 Å². The molecule has 6 nitrogen and oxygen atoms in total. The minimum atomic E-state index is -1.04. The fraction of sp³-hybridized carbons (Fsp3) is 0.357. The van der Waals surface area contributed by atoms with Crippen LogP contribution in [0.5, 0.6) is 0 Å². The van der Waals surface area contributed by atoms with Crippen molar-refractivity contribution >= 4 is 22.8 Å². The van der Waals surface area contributed by atoms with Crippen LogP contribution in [0.15, 0.2) is 24.3 Å². The van der Waals surface area contributed by atoms with E-state index in [1.807, 2.05) is 26.0 Å². The van der Waals surface area contributed by atoms with Crippen LogP contribution in [0.2, 0.25) is 0 Å². The summed E-state index contributed by atoms with van der Waals surface area (Å²) in [6.07, 6.45) is 0.378. The standard InChI is InChI=1S/C14H17N3O3/c1-8(2)7-11(14(19)20)15-13(18)12-9-5-3-4-6-10(9)16-17-12/h3-6,8,11H,7H2,1-2H3,(H,15,18)(H,16,17)(H,19,20)/t11-/m0/s1. The second kappa shape index (κ2) is 5.73. The van der Waals surface area contributed by atoms with Crippen LogP contribution in [0.4, 0.5) is 0 Å². The predicted octanol–water partition coefficient (Wildman–Crippen LogP) is 1.79. The molecule has 0 fully saturated rings. The van der Waals surface area contributed by atoms with Gasteiger partial charge in [0.15, 0.2) is 5.69 Å². The molecule has 1 atom stereocenters. The van der Waals surface area contributed by atoms with Crippen LogP contribution in [0.1, 0.15) is 30.8 Å². The molecule has 0 bridgehead atoms. The number of aliphatic carboxylic acids is 1. The molecule has 6 heteroatoms. The number of aromatic amines is 1. The van der Waals surface area contributed by atoms with Gasteiger partial charge in [-0.25, -0.2) is 4.79 Å². The molecule has 2 rings (SSSR count). The lowest BCUT2D eigenvalue weighted by Gasteiger charge is -2.15. The lowest BCUT2D eigenvalue weighted by atomic mass is 10.0. The zero-order chi connectivity index (χ0) is 14.7. The van der Waals surface area contributed by atoms with Crippen LogP contribution in [-0.4, -0.2) is 33.2 Å². The van der Waals surface area contributed by atoms with E-state index in [4.69, 9.17) is 5.11 Å². The average molecular weight is 275 g/mol. The van der Waals surface area contributed by atoms with Crippen molar-refractivity contribution in [3.63, 3.8) is 0 Å². The minimum Gasteiger partial charge on any atom is -0.480 e. The van der Waals surface area contributed by atoms with Gasteiger partial charge in [-0.1, -0.05) is 32.0 Å². The molecule has 0 saturated carbocycles. The highest BCUT2D eigenvalue weighted by molar-refractivity contribution is 6.05. The zero-order valence-electron chi connectivity index (χ0n) is 11.4. The fourth-order valence-electron chi connectivity index (χ4n) is 2.06. The Labute approximate surface area is 116 Å². The van der Waals surface area contributed by atoms with E-state index in [0.717, 1.165) is 5.52 Å². The summed E-state index contributed by atoms with van der Waals surface area (Å²) in [6.45, 7) is 3.82. The number of rotatable bonds is 5. The van der Waals surface area contributed by atoms with Crippen molar-refractivity contribution < 1.29 is 14.7 Å². The van der Waals surface area contributed by atoms with Crippen molar-refractivity contribution in [2.75, 3.05) is 0 Å². The predicted molar refractivity (Wildman–Crippen MR) is 74.4 cm³/mol. The maximum absolute atomic E-state index is 12.2. The van der Waals surface area contributed by atoms with E-state index in [-0.39, 0.29) is 11.6 Å². The number of amides is 1. The van der Waals surface area contributed by atoms with Gasteiger partial charge in [0.1, 0.15) is 6.04 Å². The van der Waals surface area contributed by atoms with E-state index in [2.05, 4.69) is 15.5 Å². The van der Waals surface area contributed by atoms with Crippen molar-refractivity contribution in [3.8, 4) is 0 Å². The number of hydrogen-bond donors (Lipinski definition) is 3. The molecule has 1 aromatic heterocycles. The molecule has 0 unspecified atom stereocenters. The van der Waals surface area contributed by atoms with E-state index in [1.54, 1.807) is 12.1 Å². The number of nitrogens with zero attached hydrogens (tertiary/aromatic N) is 1. The van der Waals surface area contributed by atoms with Gasteiger partial charge in [-0.3, -0.25) is 9.89 Å². The molecule has 0 aliphatic rings. The van der Waals surface area contributed by atoms with E-state index >= 15 is 0 Å². The van der Waals surface area contributed by atoms with Crippen molar-refractivity contribution in [2.45, 2.75) is 26.3 Å². The van der Waals surface area contributed by atoms with Gasteiger partial charge in [0.25, 0.3) is 5.91 Å². The summed E-state index contributed by atoms with van der Waals surface area (Å²) in [6, 6.07) is 6.31. The highest BCUT2D eigenvalue weighted by atomic mass is 16.4. The van der Waals surface area contributed by atoms with Gasteiger partial charge in [-0.15, -0.1) is 0 Å². The first-order valence-electron chi connectivity index (χ1n) is 6.45. The van der Waals surface area contributed by atoms with E-state index < -0.39 is 17.9 Å². The SMILES string of the molecule is CC(C)C[C@H](NC(=O)c1n[nH]c2ccccc12)C(=O)O. The Morgan fingerprint density at radius 2 is 2.05 bits per heavy atom. The van der Waals surface area contributed by atoms with E-state index in [1.165, 1.54) is 0 Å². The Morgan fingerprint density at radius 1 is 1.35 bits per heavy atom. The first kappa shape index (κ1) is 14.0. The molecule has 3 N–H and O–H groups in total. The molecule has 1 heterocycles.